The number of hydrogen-bond acceptors (Lipinski definition) is 9. The Morgan fingerprint density at radius 1 is 1.00 bits per heavy atom. The van der Waals surface area contributed by atoms with Crippen LogP contribution in [0.1, 0.15) is 82.8 Å². The summed E-state index contributed by atoms with van der Waals surface area (Å²) in [7, 11) is -3.88. The van der Waals surface area contributed by atoms with Gasteiger partial charge in [0.15, 0.2) is 9.84 Å². The van der Waals surface area contributed by atoms with Crippen LogP contribution in [0.4, 0.5) is 0 Å². The summed E-state index contributed by atoms with van der Waals surface area (Å²) in [6.45, 7) is 9.36. The highest BCUT2D eigenvalue weighted by atomic mass is 32.2. The van der Waals surface area contributed by atoms with Crippen LogP contribution in [0, 0.1) is 11.8 Å². The van der Waals surface area contributed by atoms with Gasteiger partial charge in [0.2, 0.25) is 11.8 Å². The van der Waals surface area contributed by atoms with Gasteiger partial charge in [0, 0.05) is 37.3 Å². The molecule has 4 rings (SSSR count). The minimum Gasteiger partial charge on any atom is -0.390 e. The number of nitrogens with one attached hydrogen (secondary N) is 3. The van der Waals surface area contributed by atoms with Crippen LogP contribution in [-0.4, -0.2) is 100.0 Å². The van der Waals surface area contributed by atoms with E-state index in [1.165, 1.54) is 32.4 Å². The highest BCUT2D eigenvalue weighted by molar-refractivity contribution is 7.92. The van der Waals surface area contributed by atoms with Crippen LogP contribution in [0.25, 0.3) is 0 Å². The molecule has 3 amide bonds. The maximum Gasteiger partial charge on any atom is 0.272 e. The Morgan fingerprint density at radius 3 is 2.27 bits per heavy atom. The molecule has 2 aliphatic rings. The van der Waals surface area contributed by atoms with Gasteiger partial charge in [-0.05, 0) is 71.3 Å². The third-order valence-electron chi connectivity index (χ3n) is 9.80. The number of fused-ring (bicyclic) bond motifs is 1. The second-order valence-corrected chi connectivity index (χ2v) is 17.6. The van der Waals surface area contributed by atoms with E-state index < -0.39 is 56.2 Å². The normalized spacial score (nSPS) is 22.4. The second kappa shape index (κ2) is 15.4. The molecule has 1 aliphatic heterocycles. The topological polar surface area (TPSA) is 171 Å². The molecular weight excluding hydrogens is 632 g/mol. The number of amides is 3. The maximum absolute atomic E-state index is 14.1. The van der Waals surface area contributed by atoms with Crippen molar-refractivity contribution in [2.75, 3.05) is 19.3 Å². The molecule has 0 spiro atoms. The van der Waals surface area contributed by atoms with E-state index >= 15 is 0 Å². The number of benzene rings is 1. The maximum atomic E-state index is 14.1. The number of nitrogens with zero attached hydrogens (tertiary/aromatic N) is 3. The molecule has 1 saturated heterocycles. The zero-order chi connectivity index (χ0) is 35.3. The van der Waals surface area contributed by atoms with E-state index in [2.05, 4.69) is 30.8 Å². The van der Waals surface area contributed by atoms with Gasteiger partial charge in [-0.25, -0.2) is 13.4 Å². The van der Waals surface area contributed by atoms with Crippen molar-refractivity contribution in [2.24, 2.45) is 11.8 Å². The molecule has 1 aliphatic carbocycles. The number of sulfone groups is 1. The number of rotatable bonds is 12. The molecule has 1 saturated carbocycles. The molecule has 13 heteroatoms. The quantitative estimate of drug-likeness (QED) is 0.262. The van der Waals surface area contributed by atoms with Crippen molar-refractivity contribution >= 4 is 27.6 Å². The zero-order valence-electron chi connectivity index (χ0n) is 29.0. The summed E-state index contributed by atoms with van der Waals surface area (Å²) in [6.07, 6.45) is 9.21. The van der Waals surface area contributed by atoms with Gasteiger partial charge in [0.05, 0.1) is 29.1 Å². The van der Waals surface area contributed by atoms with Crippen LogP contribution in [0.2, 0.25) is 0 Å². The number of carbonyl (C=O) groups excluding carboxylic acids is 3. The molecule has 2 heterocycles. The van der Waals surface area contributed by atoms with Crippen molar-refractivity contribution in [3.63, 3.8) is 0 Å². The molecule has 48 heavy (non-hydrogen) atoms. The Bertz CT molecular complexity index is 1510. The molecule has 0 bridgehead atoms. The lowest BCUT2D eigenvalue weighted by atomic mass is 9.72. The van der Waals surface area contributed by atoms with E-state index in [-0.39, 0.29) is 24.6 Å². The SMILES string of the molecule is CC(C)(C)NC(=O)C1CC2CCCCC2CN1CC(O)C(Cc1ccccc1)NC(=O)C(NC(=O)c1cnccn1)C(C)(C)S(C)(=O)=O. The number of aliphatic hydroxyl groups is 1. The lowest BCUT2D eigenvalue weighted by Gasteiger charge is -2.47. The van der Waals surface area contributed by atoms with Gasteiger partial charge < -0.3 is 21.1 Å². The van der Waals surface area contributed by atoms with Crippen molar-refractivity contribution in [1.82, 2.24) is 30.8 Å². The van der Waals surface area contributed by atoms with Crippen LogP contribution >= 0.6 is 0 Å². The van der Waals surface area contributed by atoms with Crippen molar-refractivity contribution in [3.05, 3.63) is 60.2 Å². The number of β-amino-alcohol motifs (C(OH)–C–C–N with tert-alkyl or cyclic N) is 1. The van der Waals surface area contributed by atoms with Crippen LogP contribution in [0.15, 0.2) is 48.9 Å². The highest BCUT2D eigenvalue weighted by Crippen LogP contribution is 2.39. The van der Waals surface area contributed by atoms with Crippen LogP contribution in [-0.2, 0) is 25.8 Å². The van der Waals surface area contributed by atoms with Crippen LogP contribution in [0.5, 0.6) is 0 Å². The van der Waals surface area contributed by atoms with Crippen molar-refractivity contribution < 1.29 is 27.9 Å². The Balaban J connectivity index is 1.63. The largest absolute Gasteiger partial charge is 0.390 e. The summed E-state index contributed by atoms with van der Waals surface area (Å²) < 4.78 is 24.2. The van der Waals surface area contributed by atoms with Crippen LogP contribution in [0.3, 0.4) is 0 Å². The molecule has 6 unspecified atom stereocenters. The van der Waals surface area contributed by atoms with E-state index in [0.29, 0.717) is 24.8 Å². The number of carbonyl (C=O) groups is 3. The average Bonchev–Trinajstić information content (AvgIpc) is 3.02. The van der Waals surface area contributed by atoms with Crippen molar-refractivity contribution in [1.29, 1.82) is 0 Å². The average molecular weight is 685 g/mol. The third kappa shape index (κ3) is 9.60. The van der Waals surface area contributed by atoms with E-state index in [1.807, 2.05) is 51.1 Å². The first-order valence-corrected chi connectivity index (χ1v) is 18.7. The first-order valence-electron chi connectivity index (χ1n) is 16.8. The third-order valence-corrected chi connectivity index (χ3v) is 11.9. The number of hydrogen-bond donors (Lipinski definition) is 4. The smallest absolute Gasteiger partial charge is 0.272 e. The molecule has 0 radical (unpaired) electrons. The molecule has 2 aromatic rings. The van der Waals surface area contributed by atoms with E-state index in [0.717, 1.165) is 37.5 Å². The lowest BCUT2D eigenvalue weighted by Crippen LogP contribution is -2.64. The molecule has 12 nitrogen and oxygen atoms in total. The lowest BCUT2D eigenvalue weighted by molar-refractivity contribution is -0.133. The number of piperidine rings is 1. The van der Waals surface area contributed by atoms with Crippen molar-refractivity contribution in [2.45, 2.75) is 108 Å². The zero-order valence-corrected chi connectivity index (χ0v) is 29.8. The van der Waals surface area contributed by atoms with Gasteiger partial charge in [-0.15, -0.1) is 0 Å². The van der Waals surface area contributed by atoms with Gasteiger partial charge in [-0.3, -0.25) is 24.3 Å². The minimum absolute atomic E-state index is 0.0776. The Hall–Kier alpha value is -3.42. The molecule has 6 atom stereocenters. The van der Waals surface area contributed by atoms with Gasteiger partial charge in [-0.2, -0.15) is 0 Å². The fraction of sp³-hybridized carbons (Fsp3) is 0.629. The number of aromatic nitrogens is 2. The second-order valence-electron chi connectivity index (χ2n) is 15.0. The summed E-state index contributed by atoms with van der Waals surface area (Å²) in [5, 5.41) is 20.5. The number of aliphatic hydroxyl groups excluding tert-OH is 1. The molecule has 1 aromatic carbocycles. The highest BCUT2D eigenvalue weighted by Gasteiger charge is 2.46. The van der Waals surface area contributed by atoms with Gasteiger partial charge >= 0.3 is 0 Å². The van der Waals surface area contributed by atoms with Crippen molar-refractivity contribution in [3.8, 4) is 0 Å². The fourth-order valence-corrected chi connectivity index (χ4v) is 7.40. The van der Waals surface area contributed by atoms with E-state index in [1.54, 1.807) is 0 Å². The summed E-state index contributed by atoms with van der Waals surface area (Å²) in [4.78, 5) is 50.8. The molecule has 1 aromatic heterocycles. The first-order chi connectivity index (χ1) is 22.5. The summed E-state index contributed by atoms with van der Waals surface area (Å²) in [6, 6.07) is 6.51. The fourth-order valence-electron chi connectivity index (χ4n) is 6.80. The Labute approximate surface area is 284 Å². The molecule has 2 fully saturated rings. The van der Waals surface area contributed by atoms with E-state index in [9.17, 15) is 27.9 Å². The van der Waals surface area contributed by atoms with Gasteiger partial charge in [-0.1, -0.05) is 49.6 Å². The predicted octanol–water partition coefficient (Wildman–Crippen LogP) is 2.28. The standard InChI is InChI=1S/C35H52N6O6S/c1-34(2,3)40-32(44)28-19-24-14-10-11-15-25(24)21-41(28)22-29(42)26(18-23-12-8-7-9-13-23)38-33(45)30(35(4,5)48(6,46)47)39-31(43)27-20-36-16-17-37-27/h7-9,12-13,16-17,20,24-26,28-30,42H,10-11,14-15,18-19,21-22H2,1-6H3,(H,38,45)(H,39,43)(H,40,44). The van der Waals surface area contributed by atoms with Gasteiger partial charge in [0.25, 0.3) is 5.91 Å². The summed E-state index contributed by atoms with van der Waals surface area (Å²) >= 11 is 0. The Kier molecular flexibility index (Phi) is 12.0. The summed E-state index contributed by atoms with van der Waals surface area (Å²) in [5.74, 6) is -0.745. The Morgan fingerprint density at radius 2 is 1.67 bits per heavy atom. The minimum atomic E-state index is -3.88. The molecule has 264 valence electrons. The monoisotopic (exact) mass is 684 g/mol. The van der Waals surface area contributed by atoms with Crippen LogP contribution < -0.4 is 16.0 Å². The van der Waals surface area contributed by atoms with E-state index in [4.69, 9.17) is 0 Å². The summed E-state index contributed by atoms with van der Waals surface area (Å²) in [5.41, 5.74) is 0.342. The van der Waals surface area contributed by atoms with Gasteiger partial charge in [0.1, 0.15) is 11.7 Å². The molecular formula is C35H52N6O6S. The number of likely N-dealkylation sites (tertiary alicyclic amines) is 1. The molecule has 4 N–H and O–H groups in total. The predicted molar refractivity (Wildman–Crippen MR) is 184 cm³/mol. The first kappa shape index (κ1) is 37.4.